The molecule has 3 N–H and O–H groups in total. The van der Waals surface area contributed by atoms with Gasteiger partial charge in [-0.25, -0.2) is 9.97 Å². The van der Waals surface area contributed by atoms with Crippen LogP contribution in [0.3, 0.4) is 0 Å². The minimum Gasteiger partial charge on any atom is -0.396 e. The minimum atomic E-state index is -0.378. The van der Waals surface area contributed by atoms with Crippen LogP contribution in [0.2, 0.25) is 5.02 Å². The topological polar surface area (TPSA) is 80.9 Å². The van der Waals surface area contributed by atoms with Crippen molar-refractivity contribution in [1.29, 1.82) is 0 Å². The van der Waals surface area contributed by atoms with E-state index in [0.29, 0.717) is 16.5 Å². The highest BCUT2D eigenvalue weighted by atomic mass is 35.5. The highest BCUT2D eigenvalue weighted by molar-refractivity contribution is 6.31. The van der Waals surface area contributed by atoms with E-state index in [2.05, 4.69) is 15.3 Å². The van der Waals surface area contributed by atoms with E-state index in [1.807, 2.05) is 26.8 Å². The van der Waals surface area contributed by atoms with Gasteiger partial charge in [-0.05, 0) is 24.6 Å². The fourth-order valence-electron chi connectivity index (χ4n) is 1.73. The fraction of sp³-hybridized carbons (Fsp3) is 0.267. The van der Waals surface area contributed by atoms with Gasteiger partial charge in [-0.15, -0.1) is 0 Å². The SMILES string of the molecule is Cc1ccc(NC(=O)c2nc(C(C)C)ncc2N)cc1Cl. The van der Waals surface area contributed by atoms with Gasteiger partial charge in [0.25, 0.3) is 5.91 Å². The Morgan fingerprint density at radius 1 is 1.38 bits per heavy atom. The van der Waals surface area contributed by atoms with Gasteiger partial charge in [0.05, 0.1) is 11.9 Å². The maximum absolute atomic E-state index is 12.3. The summed E-state index contributed by atoms with van der Waals surface area (Å²) in [5, 5.41) is 3.33. The molecule has 2 rings (SSSR count). The zero-order valence-corrected chi connectivity index (χ0v) is 12.9. The summed E-state index contributed by atoms with van der Waals surface area (Å²) >= 11 is 6.04. The maximum Gasteiger partial charge on any atom is 0.276 e. The quantitative estimate of drug-likeness (QED) is 0.910. The molecule has 0 radical (unpaired) electrons. The Hall–Kier alpha value is -2.14. The number of anilines is 2. The van der Waals surface area contributed by atoms with Crippen LogP contribution in [0.1, 0.15) is 41.6 Å². The van der Waals surface area contributed by atoms with Gasteiger partial charge < -0.3 is 11.1 Å². The third-order valence-electron chi connectivity index (χ3n) is 3.00. The van der Waals surface area contributed by atoms with E-state index in [1.54, 1.807) is 12.1 Å². The molecule has 1 aromatic heterocycles. The van der Waals surface area contributed by atoms with E-state index >= 15 is 0 Å². The molecule has 0 unspecified atom stereocenters. The van der Waals surface area contributed by atoms with Gasteiger partial charge in [0.15, 0.2) is 5.69 Å². The summed E-state index contributed by atoms with van der Waals surface area (Å²) in [6, 6.07) is 5.30. The fourth-order valence-corrected chi connectivity index (χ4v) is 1.91. The number of aromatic nitrogens is 2. The molecule has 0 aliphatic carbocycles. The largest absolute Gasteiger partial charge is 0.396 e. The number of amides is 1. The average molecular weight is 305 g/mol. The number of nitrogens with one attached hydrogen (secondary N) is 1. The van der Waals surface area contributed by atoms with Gasteiger partial charge >= 0.3 is 0 Å². The average Bonchev–Trinajstić information content (AvgIpc) is 2.43. The van der Waals surface area contributed by atoms with Crippen LogP contribution in [-0.4, -0.2) is 15.9 Å². The Morgan fingerprint density at radius 3 is 2.71 bits per heavy atom. The molecule has 1 heterocycles. The highest BCUT2D eigenvalue weighted by Crippen LogP contribution is 2.21. The second kappa shape index (κ2) is 6.10. The summed E-state index contributed by atoms with van der Waals surface area (Å²) < 4.78 is 0. The van der Waals surface area contributed by atoms with Crippen molar-refractivity contribution in [3.05, 3.63) is 46.5 Å². The molecule has 0 bridgehead atoms. The van der Waals surface area contributed by atoms with Crippen molar-refractivity contribution < 1.29 is 4.79 Å². The number of aryl methyl sites for hydroxylation is 1. The first-order valence-corrected chi connectivity index (χ1v) is 6.96. The number of carbonyl (C=O) groups is 1. The predicted octanol–water partition coefficient (Wildman–Crippen LogP) is 3.40. The molecule has 1 aromatic carbocycles. The highest BCUT2D eigenvalue weighted by Gasteiger charge is 2.15. The molecule has 0 saturated carbocycles. The molecular formula is C15H17ClN4O. The van der Waals surface area contributed by atoms with Crippen LogP contribution in [0.5, 0.6) is 0 Å². The summed E-state index contributed by atoms with van der Waals surface area (Å²) in [5.74, 6) is 0.318. The first-order chi connectivity index (χ1) is 9.88. The lowest BCUT2D eigenvalue weighted by molar-refractivity contribution is 0.102. The molecule has 1 amide bonds. The summed E-state index contributed by atoms with van der Waals surface area (Å²) in [6.45, 7) is 5.80. The first kappa shape index (κ1) is 15.3. The van der Waals surface area contributed by atoms with Gasteiger partial charge in [-0.1, -0.05) is 31.5 Å². The molecular weight excluding hydrogens is 288 g/mol. The van der Waals surface area contributed by atoms with Crippen molar-refractivity contribution in [3.63, 3.8) is 0 Å². The molecule has 0 aliphatic heterocycles. The van der Waals surface area contributed by atoms with Crippen LogP contribution >= 0.6 is 11.6 Å². The van der Waals surface area contributed by atoms with Gasteiger partial charge in [0.1, 0.15) is 5.82 Å². The number of nitrogen functional groups attached to an aromatic ring is 1. The lowest BCUT2D eigenvalue weighted by atomic mass is 10.2. The number of benzene rings is 1. The van der Waals surface area contributed by atoms with Gasteiger partial charge in [-0.2, -0.15) is 0 Å². The van der Waals surface area contributed by atoms with E-state index in [9.17, 15) is 4.79 Å². The molecule has 0 aliphatic rings. The summed E-state index contributed by atoms with van der Waals surface area (Å²) in [7, 11) is 0. The zero-order valence-electron chi connectivity index (χ0n) is 12.1. The molecule has 110 valence electrons. The second-order valence-electron chi connectivity index (χ2n) is 5.10. The van der Waals surface area contributed by atoms with E-state index in [-0.39, 0.29) is 23.2 Å². The van der Waals surface area contributed by atoms with Crippen molar-refractivity contribution in [2.24, 2.45) is 0 Å². The normalized spacial score (nSPS) is 10.7. The number of hydrogen-bond acceptors (Lipinski definition) is 4. The van der Waals surface area contributed by atoms with Crippen molar-refractivity contribution in [2.75, 3.05) is 11.1 Å². The molecule has 5 nitrogen and oxygen atoms in total. The van der Waals surface area contributed by atoms with Crippen molar-refractivity contribution in [3.8, 4) is 0 Å². The number of halogens is 1. The maximum atomic E-state index is 12.3. The molecule has 6 heteroatoms. The number of hydrogen-bond donors (Lipinski definition) is 2. The van der Waals surface area contributed by atoms with Crippen molar-refractivity contribution >= 4 is 28.9 Å². The lowest BCUT2D eigenvalue weighted by Gasteiger charge is -2.10. The summed E-state index contributed by atoms with van der Waals surface area (Å²) in [4.78, 5) is 20.6. The Labute approximate surface area is 128 Å². The molecule has 2 aromatic rings. The van der Waals surface area contributed by atoms with Crippen LogP contribution in [0.15, 0.2) is 24.4 Å². The third-order valence-corrected chi connectivity index (χ3v) is 3.40. The second-order valence-corrected chi connectivity index (χ2v) is 5.51. The summed E-state index contributed by atoms with van der Waals surface area (Å²) in [5.41, 5.74) is 7.74. The number of nitrogens with two attached hydrogens (primary N) is 1. The Morgan fingerprint density at radius 2 is 2.10 bits per heavy atom. The smallest absolute Gasteiger partial charge is 0.276 e. The van der Waals surface area contributed by atoms with Crippen LogP contribution in [-0.2, 0) is 0 Å². The lowest BCUT2D eigenvalue weighted by Crippen LogP contribution is -2.18. The van der Waals surface area contributed by atoms with Gasteiger partial charge in [0.2, 0.25) is 0 Å². The molecule has 0 saturated heterocycles. The Balaban J connectivity index is 2.27. The Bertz CT molecular complexity index is 685. The number of nitrogens with zero attached hydrogens (tertiary/aromatic N) is 2. The zero-order chi connectivity index (χ0) is 15.6. The predicted molar refractivity (Wildman–Crippen MR) is 84.7 cm³/mol. The van der Waals surface area contributed by atoms with Crippen LogP contribution in [0, 0.1) is 6.92 Å². The van der Waals surface area contributed by atoms with E-state index in [0.717, 1.165) is 5.56 Å². The number of carbonyl (C=O) groups excluding carboxylic acids is 1. The molecule has 21 heavy (non-hydrogen) atoms. The monoisotopic (exact) mass is 304 g/mol. The molecule has 0 fully saturated rings. The van der Waals surface area contributed by atoms with E-state index in [1.165, 1.54) is 6.20 Å². The molecule has 0 atom stereocenters. The van der Waals surface area contributed by atoms with Crippen molar-refractivity contribution in [2.45, 2.75) is 26.7 Å². The standard InChI is InChI=1S/C15H17ClN4O/c1-8(2)14-18-7-12(17)13(20-14)15(21)19-10-5-4-9(3)11(16)6-10/h4-8H,17H2,1-3H3,(H,19,21). The van der Waals surface area contributed by atoms with Crippen molar-refractivity contribution in [1.82, 2.24) is 9.97 Å². The van der Waals surface area contributed by atoms with E-state index in [4.69, 9.17) is 17.3 Å². The minimum absolute atomic E-state index is 0.117. The first-order valence-electron chi connectivity index (χ1n) is 6.58. The van der Waals surface area contributed by atoms with Gasteiger partial charge in [0, 0.05) is 16.6 Å². The number of rotatable bonds is 3. The van der Waals surface area contributed by atoms with Gasteiger partial charge in [-0.3, -0.25) is 4.79 Å². The van der Waals surface area contributed by atoms with Crippen LogP contribution in [0.4, 0.5) is 11.4 Å². The summed E-state index contributed by atoms with van der Waals surface area (Å²) in [6.07, 6.45) is 1.46. The Kier molecular flexibility index (Phi) is 4.43. The van der Waals surface area contributed by atoms with Crippen LogP contribution < -0.4 is 11.1 Å². The third kappa shape index (κ3) is 3.49. The van der Waals surface area contributed by atoms with Crippen LogP contribution in [0.25, 0.3) is 0 Å². The van der Waals surface area contributed by atoms with E-state index < -0.39 is 0 Å². The molecule has 0 spiro atoms.